The Labute approximate surface area is 74.6 Å². The van der Waals surface area contributed by atoms with Crippen molar-refractivity contribution >= 4 is 5.96 Å². The first-order valence-electron chi connectivity index (χ1n) is 4.86. The zero-order valence-electron chi connectivity index (χ0n) is 8.08. The molecule has 0 aromatic carbocycles. The van der Waals surface area contributed by atoms with Gasteiger partial charge in [-0.3, -0.25) is 4.99 Å². The van der Waals surface area contributed by atoms with E-state index in [-0.39, 0.29) is 0 Å². The lowest BCUT2D eigenvalue weighted by molar-refractivity contribution is 0.403. The van der Waals surface area contributed by atoms with Gasteiger partial charge in [-0.25, -0.2) is 0 Å². The Morgan fingerprint density at radius 1 is 1.50 bits per heavy atom. The lowest BCUT2D eigenvalue weighted by Gasteiger charge is -2.22. The monoisotopic (exact) mass is 169 g/mol. The zero-order valence-corrected chi connectivity index (χ0v) is 8.08. The van der Waals surface area contributed by atoms with Gasteiger partial charge in [0.25, 0.3) is 0 Å². The lowest BCUT2D eigenvalue weighted by atomic mass is 10.4. The van der Waals surface area contributed by atoms with Crippen LogP contribution in [0.2, 0.25) is 0 Å². The first-order chi connectivity index (χ1) is 5.79. The highest BCUT2D eigenvalue weighted by atomic mass is 15.3. The molecule has 0 saturated heterocycles. The molecule has 0 aliphatic heterocycles. The standard InChI is InChI=1S/C9H19N3/c1-3-7-12(8-5-6-8)9(10)11-4-2/h8H,3-7H2,1-2H3,(H2,10,11). The van der Waals surface area contributed by atoms with Crippen molar-refractivity contribution in [1.82, 2.24) is 4.90 Å². The molecule has 1 aliphatic carbocycles. The second kappa shape index (κ2) is 4.33. The number of hydrogen-bond donors (Lipinski definition) is 1. The Morgan fingerprint density at radius 2 is 2.17 bits per heavy atom. The minimum atomic E-state index is 0.695. The molecule has 0 aromatic rings. The molecule has 1 aliphatic rings. The van der Waals surface area contributed by atoms with Gasteiger partial charge in [0.05, 0.1) is 0 Å². The fourth-order valence-corrected chi connectivity index (χ4v) is 1.36. The third kappa shape index (κ3) is 2.40. The van der Waals surface area contributed by atoms with Crippen molar-refractivity contribution in [2.24, 2.45) is 10.7 Å². The molecule has 2 N–H and O–H groups in total. The molecule has 0 aromatic heterocycles. The largest absolute Gasteiger partial charge is 0.370 e. The summed E-state index contributed by atoms with van der Waals surface area (Å²) >= 11 is 0. The van der Waals surface area contributed by atoms with Crippen LogP contribution in [0.4, 0.5) is 0 Å². The van der Waals surface area contributed by atoms with E-state index in [9.17, 15) is 0 Å². The first kappa shape index (κ1) is 9.36. The van der Waals surface area contributed by atoms with E-state index in [1.54, 1.807) is 0 Å². The Balaban J connectivity index is 2.45. The topological polar surface area (TPSA) is 41.6 Å². The molecule has 0 bridgehead atoms. The van der Waals surface area contributed by atoms with Crippen molar-refractivity contribution < 1.29 is 0 Å². The van der Waals surface area contributed by atoms with Crippen LogP contribution < -0.4 is 5.73 Å². The molecule has 1 saturated carbocycles. The van der Waals surface area contributed by atoms with Gasteiger partial charge in [-0.1, -0.05) is 6.92 Å². The molecule has 0 atom stereocenters. The summed E-state index contributed by atoms with van der Waals surface area (Å²) in [5.74, 6) is 0.738. The summed E-state index contributed by atoms with van der Waals surface area (Å²) in [6, 6.07) is 0.695. The number of rotatable bonds is 4. The highest BCUT2D eigenvalue weighted by Crippen LogP contribution is 2.26. The maximum absolute atomic E-state index is 5.83. The average molecular weight is 169 g/mol. The maximum Gasteiger partial charge on any atom is 0.191 e. The van der Waals surface area contributed by atoms with Gasteiger partial charge in [0.1, 0.15) is 0 Å². The van der Waals surface area contributed by atoms with Gasteiger partial charge in [0.15, 0.2) is 5.96 Å². The van der Waals surface area contributed by atoms with Crippen molar-refractivity contribution in [2.45, 2.75) is 39.2 Å². The molecule has 70 valence electrons. The SMILES string of the molecule is CCCN(C(N)=NCC)C1CC1. The van der Waals surface area contributed by atoms with Crippen LogP contribution in [0.5, 0.6) is 0 Å². The summed E-state index contributed by atoms with van der Waals surface area (Å²) in [6.07, 6.45) is 3.73. The summed E-state index contributed by atoms with van der Waals surface area (Å²) < 4.78 is 0. The number of aliphatic imine (C=N–C) groups is 1. The lowest BCUT2D eigenvalue weighted by Crippen LogP contribution is -2.39. The molecule has 12 heavy (non-hydrogen) atoms. The fraction of sp³-hybridized carbons (Fsp3) is 0.889. The average Bonchev–Trinajstić information content (AvgIpc) is 2.83. The summed E-state index contributed by atoms with van der Waals surface area (Å²) in [5.41, 5.74) is 5.83. The second-order valence-corrected chi connectivity index (χ2v) is 3.26. The summed E-state index contributed by atoms with van der Waals surface area (Å²) in [7, 11) is 0. The highest BCUT2D eigenvalue weighted by molar-refractivity contribution is 5.78. The predicted octanol–water partition coefficient (Wildman–Crippen LogP) is 1.20. The Kier molecular flexibility index (Phi) is 3.38. The van der Waals surface area contributed by atoms with Crippen LogP contribution in [-0.2, 0) is 0 Å². The first-order valence-corrected chi connectivity index (χ1v) is 4.86. The summed E-state index contributed by atoms with van der Waals surface area (Å²) in [4.78, 5) is 6.46. The van der Waals surface area contributed by atoms with E-state index in [0.29, 0.717) is 6.04 Å². The molecule has 0 heterocycles. The van der Waals surface area contributed by atoms with E-state index in [4.69, 9.17) is 5.73 Å². The zero-order chi connectivity index (χ0) is 8.97. The Morgan fingerprint density at radius 3 is 2.58 bits per heavy atom. The molecular formula is C9H19N3. The van der Waals surface area contributed by atoms with E-state index in [1.165, 1.54) is 12.8 Å². The fourth-order valence-electron chi connectivity index (χ4n) is 1.36. The van der Waals surface area contributed by atoms with E-state index in [1.807, 2.05) is 6.92 Å². The molecule has 1 fully saturated rings. The van der Waals surface area contributed by atoms with E-state index >= 15 is 0 Å². The van der Waals surface area contributed by atoms with Crippen molar-refractivity contribution in [1.29, 1.82) is 0 Å². The van der Waals surface area contributed by atoms with Gasteiger partial charge >= 0.3 is 0 Å². The number of nitrogens with zero attached hydrogens (tertiary/aromatic N) is 2. The smallest absolute Gasteiger partial charge is 0.191 e. The van der Waals surface area contributed by atoms with Crippen LogP contribution in [0.1, 0.15) is 33.1 Å². The molecular weight excluding hydrogens is 150 g/mol. The number of guanidine groups is 1. The van der Waals surface area contributed by atoms with Crippen LogP contribution >= 0.6 is 0 Å². The van der Waals surface area contributed by atoms with Gasteiger partial charge in [0.2, 0.25) is 0 Å². The van der Waals surface area contributed by atoms with Gasteiger partial charge < -0.3 is 10.6 Å². The summed E-state index contributed by atoms with van der Waals surface area (Å²) in [5, 5.41) is 0. The highest BCUT2D eigenvalue weighted by Gasteiger charge is 2.29. The van der Waals surface area contributed by atoms with Crippen LogP contribution in [0, 0.1) is 0 Å². The minimum absolute atomic E-state index is 0.695. The van der Waals surface area contributed by atoms with Crippen LogP contribution in [0.15, 0.2) is 4.99 Å². The predicted molar refractivity (Wildman–Crippen MR) is 52.2 cm³/mol. The maximum atomic E-state index is 5.83. The van der Waals surface area contributed by atoms with Gasteiger partial charge in [0, 0.05) is 19.1 Å². The molecule has 0 spiro atoms. The van der Waals surface area contributed by atoms with Crippen molar-refractivity contribution in [2.75, 3.05) is 13.1 Å². The third-order valence-electron chi connectivity index (χ3n) is 2.07. The van der Waals surface area contributed by atoms with Crippen molar-refractivity contribution in [3.8, 4) is 0 Å². The molecule has 0 radical (unpaired) electrons. The molecule has 1 rings (SSSR count). The Hall–Kier alpha value is -0.730. The van der Waals surface area contributed by atoms with Crippen molar-refractivity contribution in [3.05, 3.63) is 0 Å². The van der Waals surface area contributed by atoms with E-state index in [2.05, 4.69) is 16.8 Å². The number of nitrogens with two attached hydrogens (primary N) is 1. The molecule has 3 heteroatoms. The van der Waals surface area contributed by atoms with Crippen LogP contribution in [0.3, 0.4) is 0 Å². The third-order valence-corrected chi connectivity index (χ3v) is 2.07. The Bertz CT molecular complexity index is 161. The second-order valence-electron chi connectivity index (χ2n) is 3.26. The number of hydrogen-bond acceptors (Lipinski definition) is 1. The molecule has 0 amide bonds. The van der Waals surface area contributed by atoms with Gasteiger partial charge in [-0.15, -0.1) is 0 Å². The van der Waals surface area contributed by atoms with E-state index < -0.39 is 0 Å². The van der Waals surface area contributed by atoms with Crippen molar-refractivity contribution in [3.63, 3.8) is 0 Å². The minimum Gasteiger partial charge on any atom is -0.370 e. The normalized spacial score (nSPS) is 18.0. The van der Waals surface area contributed by atoms with Crippen LogP contribution in [0.25, 0.3) is 0 Å². The van der Waals surface area contributed by atoms with Crippen LogP contribution in [-0.4, -0.2) is 30.0 Å². The van der Waals surface area contributed by atoms with Gasteiger partial charge in [-0.05, 0) is 26.2 Å². The summed E-state index contributed by atoms with van der Waals surface area (Å²) in [6.45, 7) is 6.04. The van der Waals surface area contributed by atoms with Gasteiger partial charge in [-0.2, -0.15) is 0 Å². The molecule has 3 nitrogen and oxygen atoms in total. The quantitative estimate of drug-likeness (QED) is 0.507. The van der Waals surface area contributed by atoms with E-state index in [0.717, 1.165) is 25.5 Å². The molecule has 0 unspecified atom stereocenters.